The minimum atomic E-state index is -0.604. The summed E-state index contributed by atoms with van der Waals surface area (Å²) in [5.41, 5.74) is 2.36. The topological polar surface area (TPSA) is 78.7 Å². The zero-order valence-corrected chi connectivity index (χ0v) is 17.7. The lowest BCUT2D eigenvalue weighted by molar-refractivity contribution is -0.771. The van der Waals surface area contributed by atoms with Gasteiger partial charge in [0.1, 0.15) is 11.9 Å². The molecule has 0 aromatic heterocycles. The van der Waals surface area contributed by atoms with Gasteiger partial charge in [0.2, 0.25) is 0 Å². The molecule has 0 spiro atoms. The van der Waals surface area contributed by atoms with Crippen LogP contribution < -0.4 is 4.74 Å². The Balaban J connectivity index is 1.77. The molecule has 0 saturated heterocycles. The SMILES string of the molecule is CC[C@H]1CC[C@H]2[C@H]3[C@@H](c4ccc(OC(C)=O)cc4C[C@H]3C)[C@@H](O[N+](=O)[O-])C[C@]12C. The molecule has 0 bridgehead atoms. The van der Waals surface area contributed by atoms with Crippen molar-refractivity contribution in [2.75, 3.05) is 0 Å². The summed E-state index contributed by atoms with van der Waals surface area (Å²) in [5.74, 6) is 2.17. The van der Waals surface area contributed by atoms with Crippen molar-refractivity contribution in [2.24, 2.45) is 29.1 Å². The number of hydrogen-bond donors (Lipinski definition) is 0. The van der Waals surface area contributed by atoms with E-state index in [2.05, 4.69) is 20.8 Å². The molecule has 6 heteroatoms. The van der Waals surface area contributed by atoms with E-state index < -0.39 is 11.2 Å². The van der Waals surface area contributed by atoms with Crippen molar-refractivity contribution in [3.8, 4) is 5.75 Å². The van der Waals surface area contributed by atoms with Crippen molar-refractivity contribution >= 4 is 5.97 Å². The molecule has 2 saturated carbocycles. The molecule has 0 aliphatic heterocycles. The lowest BCUT2D eigenvalue weighted by atomic mass is 9.50. The van der Waals surface area contributed by atoms with Gasteiger partial charge in [-0.05, 0) is 78.0 Å². The third-order valence-electron chi connectivity index (χ3n) is 8.18. The number of nitrogens with zero attached hydrogens (tertiary/aromatic N) is 1. The van der Waals surface area contributed by atoms with Crippen LogP contribution in [0.3, 0.4) is 0 Å². The molecule has 1 aromatic carbocycles. The second kappa shape index (κ2) is 7.29. The summed E-state index contributed by atoms with van der Waals surface area (Å²) in [5, 5.41) is 10.8. The second-order valence-corrected chi connectivity index (χ2v) is 9.61. The highest BCUT2D eigenvalue weighted by Gasteiger charge is 2.59. The Labute approximate surface area is 172 Å². The van der Waals surface area contributed by atoms with Gasteiger partial charge in [0.15, 0.2) is 0 Å². The van der Waals surface area contributed by atoms with Crippen LogP contribution in [0.4, 0.5) is 0 Å². The summed E-state index contributed by atoms with van der Waals surface area (Å²) in [7, 11) is 0. The second-order valence-electron chi connectivity index (χ2n) is 9.61. The van der Waals surface area contributed by atoms with E-state index in [9.17, 15) is 14.9 Å². The van der Waals surface area contributed by atoms with Crippen LogP contribution in [0, 0.1) is 39.2 Å². The third-order valence-corrected chi connectivity index (χ3v) is 8.18. The van der Waals surface area contributed by atoms with Crippen molar-refractivity contribution in [3.05, 3.63) is 39.4 Å². The van der Waals surface area contributed by atoms with Gasteiger partial charge < -0.3 is 9.57 Å². The average molecular weight is 402 g/mol. The van der Waals surface area contributed by atoms with Crippen LogP contribution in [0.2, 0.25) is 0 Å². The number of ether oxygens (including phenoxy) is 1. The number of hydrogen-bond acceptors (Lipinski definition) is 5. The summed E-state index contributed by atoms with van der Waals surface area (Å²) in [4.78, 5) is 28.1. The zero-order valence-electron chi connectivity index (χ0n) is 17.7. The molecule has 0 amide bonds. The van der Waals surface area contributed by atoms with Crippen LogP contribution in [-0.2, 0) is 16.1 Å². The number of benzene rings is 1. The quantitative estimate of drug-likeness (QED) is 0.309. The van der Waals surface area contributed by atoms with Gasteiger partial charge in [0, 0.05) is 12.8 Å². The van der Waals surface area contributed by atoms with E-state index in [4.69, 9.17) is 9.57 Å². The van der Waals surface area contributed by atoms with Gasteiger partial charge >= 0.3 is 5.97 Å². The minimum absolute atomic E-state index is 0.0132. The van der Waals surface area contributed by atoms with Crippen LogP contribution in [-0.4, -0.2) is 17.2 Å². The maximum atomic E-state index is 11.4. The fourth-order valence-corrected chi connectivity index (χ4v) is 7.19. The van der Waals surface area contributed by atoms with Crippen LogP contribution in [0.15, 0.2) is 18.2 Å². The van der Waals surface area contributed by atoms with E-state index in [0.717, 1.165) is 30.4 Å². The normalized spacial score (nSPS) is 37.8. The number of fused-ring (bicyclic) bond motifs is 5. The Morgan fingerprint density at radius 1 is 1.34 bits per heavy atom. The van der Waals surface area contributed by atoms with E-state index in [1.54, 1.807) is 0 Å². The highest BCUT2D eigenvalue weighted by Crippen LogP contribution is 2.65. The molecule has 0 N–H and O–H groups in total. The first kappa shape index (κ1) is 20.2. The minimum Gasteiger partial charge on any atom is -0.427 e. The van der Waals surface area contributed by atoms with Gasteiger partial charge in [0.05, 0.1) is 0 Å². The predicted molar refractivity (Wildman–Crippen MR) is 108 cm³/mol. The average Bonchev–Trinajstić information content (AvgIpc) is 2.95. The predicted octanol–water partition coefficient (Wildman–Crippen LogP) is 4.93. The molecule has 3 aliphatic carbocycles. The molecular formula is C23H31NO5. The number of rotatable bonds is 4. The van der Waals surface area contributed by atoms with Crippen LogP contribution in [0.1, 0.15) is 70.4 Å². The maximum Gasteiger partial charge on any atom is 0.308 e. The summed E-state index contributed by atoms with van der Waals surface area (Å²) >= 11 is 0. The Kier molecular flexibility index (Phi) is 5.07. The molecule has 158 valence electrons. The van der Waals surface area contributed by atoms with Crippen LogP contribution in [0.25, 0.3) is 0 Å². The molecule has 29 heavy (non-hydrogen) atoms. The molecule has 0 unspecified atom stereocenters. The monoisotopic (exact) mass is 401 g/mol. The molecule has 3 aliphatic rings. The lowest BCUT2D eigenvalue weighted by Crippen LogP contribution is -2.52. The fourth-order valence-electron chi connectivity index (χ4n) is 7.19. The van der Waals surface area contributed by atoms with Crippen molar-refractivity contribution < 1.29 is 19.5 Å². The molecule has 7 atom stereocenters. The molecule has 2 fully saturated rings. The van der Waals surface area contributed by atoms with E-state index >= 15 is 0 Å². The summed E-state index contributed by atoms with van der Waals surface area (Å²) in [6, 6.07) is 5.75. The molecule has 4 rings (SSSR count). The largest absolute Gasteiger partial charge is 0.427 e. The lowest BCUT2D eigenvalue weighted by Gasteiger charge is -2.55. The Morgan fingerprint density at radius 2 is 2.10 bits per heavy atom. The molecule has 0 radical (unpaired) electrons. The van der Waals surface area contributed by atoms with Gasteiger partial charge in [-0.2, -0.15) is 0 Å². The van der Waals surface area contributed by atoms with Gasteiger partial charge in [-0.3, -0.25) is 4.79 Å². The first-order chi connectivity index (χ1) is 13.7. The van der Waals surface area contributed by atoms with E-state index in [1.807, 2.05) is 18.2 Å². The van der Waals surface area contributed by atoms with Crippen molar-refractivity contribution in [1.29, 1.82) is 0 Å². The molecular weight excluding hydrogens is 370 g/mol. The number of esters is 1. The molecule has 6 nitrogen and oxygen atoms in total. The first-order valence-electron chi connectivity index (χ1n) is 10.9. The van der Waals surface area contributed by atoms with Crippen molar-refractivity contribution in [2.45, 2.75) is 71.8 Å². The van der Waals surface area contributed by atoms with Gasteiger partial charge in [0.25, 0.3) is 5.09 Å². The van der Waals surface area contributed by atoms with Crippen molar-refractivity contribution in [3.63, 3.8) is 0 Å². The summed E-state index contributed by atoms with van der Waals surface area (Å²) in [6.07, 6.45) is 4.73. The highest BCUT2D eigenvalue weighted by molar-refractivity contribution is 5.69. The first-order valence-corrected chi connectivity index (χ1v) is 10.9. The zero-order chi connectivity index (χ0) is 20.9. The summed E-state index contributed by atoms with van der Waals surface area (Å²) in [6.45, 7) is 8.25. The van der Waals surface area contributed by atoms with Crippen LogP contribution >= 0.6 is 0 Å². The Bertz CT molecular complexity index is 823. The van der Waals surface area contributed by atoms with Gasteiger partial charge in [-0.15, -0.1) is 10.1 Å². The summed E-state index contributed by atoms with van der Waals surface area (Å²) < 4.78 is 5.28. The van der Waals surface area contributed by atoms with Gasteiger partial charge in [-0.1, -0.05) is 33.3 Å². The fraction of sp³-hybridized carbons (Fsp3) is 0.696. The maximum absolute atomic E-state index is 11.4. The van der Waals surface area contributed by atoms with Crippen LogP contribution in [0.5, 0.6) is 5.75 Å². The number of carbonyl (C=O) groups excluding carboxylic acids is 1. The standard InChI is InChI=1S/C23H31NO5/c1-5-16-6-9-19-21-13(2)10-15-11-17(28-14(3)25)7-8-18(15)22(21)20(29-24(26)27)12-23(16,19)4/h7-8,11,13,16,19-22H,5-6,9-10,12H2,1-4H3/t13-,16+,19+,20+,21+,22+,23-/m1/s1. The smallest absolute Gasteiger partial charge is 0.308 e. The van der Waals surface area contributed by atoms with E-state index in [-0.39, 0.29) is 17.3 Å². The number of carbonyl (C=O) groups is 1. The van der Waals surface area contributed by atoms with Gasteiger partial charge in [-0.25, -0.2) is 0 Å². The van der Waals surface area contributed by atoms with E-state index in [0.29, 0.717) is 29.4 Å². The third kappa shape index (κ3) is 3.30. The Morgan fingerprint density at radius 3 is 2.76 bits per heavy atom. The molecule has 1 aromatic rings. The highest BCUT2D eigenvalue weighted by atomic mass is 17.0. The van der Waals surface area contributed by atoms with Crippen molar-refractivity contribution in [1.82, 2.24) is 0 Å². The Hall–Kier alpha value is -2.11. The molecule has 0 heterocycles. The van der Waals surface area contributed by atoms with E-state index in [1.165, 1.54) is 19.8 Å².